The summed E-state index contributed by atoms with van der Waals surface area (Å²) in [5.41, 5.74) is 6.31. The number of rotatable bonds is 8. The lowest BCUT2D eigenvalue weighted by molar-refractivity contribution is -0.127. The van der Waals surface area contributed by atoms with Gasteiger partial charge in [0.25, 0.3) is 0 Å². The molecule has 0 saturated heterocycles. The molecule has 5 nitrogen and oxygen atoms in total. The summed E-state index contributed by atoms with van der Waals surface area (Å²) in [5, 5.41) is 11.1. The van der Waals surface area contributed by atoms with E-state index in [2.05, 4.69) is 5.32 Å². The minimum Gasteiger partial charge on any atom is -0.368 e. The van der Waals surface area contributed by atoms with Crippen LogP contribution in [-0.2, 0) is 16.0 Å². The van der Waals surface area contributed by atoms with Crippen LogP contribution in [0.4, 0.5) is 0 Å². The molecule has 0 unspecified atom stereocenters. The molecule has 0 heterocycles. The first-order valence-corrected chi connectivity index (χ1v) is 6.63. The molecule has 5 heteroatoms. The summed E-state index contributed by atoms with van der Waals surface area (Å²) in [6, 6.07) is 11.0. The highest BCUT2D eigenvalue weighted by molar-refractivity contribution is 5.86. The Morgan fingerprint density at radius 1 is 1.30 bits per heavy atom. The van der Waals surface area contributed by atoms with Crippen LogP contribution in [0.5, 0.6) is 0 Å². The van der Waals surface area contributed by atoms with Crippen molar-refractivity contribution in [2.24, 2.45) is 5.73 Å². The lowest BCUT2D eigenvalue weighted by Gasteiger charge is -2.14. The number of aryl methyl sites for hydroxylation is 1. The summed E-state index contributed by atoms with van der Waals surface area (Å²) in [5.74, 6) is -0.759. The van der Waals surface area contributed by atoms with Gasteiger partial charge in [-0.25, -0.2) is 0 Å². The Morgan fingerprint density at radius 2 is 2.00 bits per heavy atom. The van der Waals surface area contributed by atoms with Crippen molar-refractivity contribution < 1.29 is 9.59 Å². The molecule has 0 aliphatic carbocycles. The van der Waals surface area contributed by atoms with Crippen LogP contribution >= 0.6 is 0 Å². The molecule has 0 aliphatic heterocycles. The summed E-state index contributed by atoms with van der Waals surface area (Å²) in [6.07, 6.45) is 2.23. The zero-order valence-corrected chi connectivity index (χ0v) is 11.3. The number of carbonyl (C=O) groups excluding carboxylic acids is 2. The number of nitrogens with zero attached hydrogens (tertiary/aromatic N) is 1. The molecule has 1 aromatic rings. The zero-order valence-electron chi connectivity index (χ0n) is 11.3. The second kappa shape index (κ2) is 8.70. The molecule has 3 N–H and O–H groups in total. The van der Waals surface area contributed by atoms with Crippen LogP contribution in [0.25, 0.3) is 0 Å². The molecule has 0 fully saturated rings. The van der Waals surface area contributed by atoms with Crippen molar-refractivity contribution in [2.75, 3.05) is 0 Å². The van der Waals surface area contributed by atoms with Gasteiger partial charge in [-0.1, -0.05) is 30.3 Å². The number of hydrogen-bond acceptors (Lipinski definition) is 3. The number of unbranched alkanes of at least 4 members (excludes halogenated alkanes) is 1. The number of nitrogens with two attached hydrogens (primary N) is 1. The lowest BCUT2D eigenvalue weighted by atomic mass is 10.1. The third-order valence-electron chi connectivity index (χ3n) is 2.94. The van der Waals surface area contributed by atoms with Crippen molar-refractivity contribution in [3.63, 3.8) is 0 Å². The quantitative estimate of drug-likeness (QED) is 0.698. The van der Waals surface area contributed by atoms with E-state index in [0.717, 1.165) is 5.56 Å². The van der Waals surface area contributed by atoms with Gasteiger partial charge < -0.3 is 11.1 Å². The Morgan fingerprint density at radius 3 is 2.60 bits per heavy atom. The Labute approximate surface area is 118 Å². The van der Waals surface area contributed by atoms with Gasteiger partial charge in [0.2, 0.25) is 11.8 Å². The standard InChI is InChI=1S/C15H19N3O2/c16-11-5-4-8-13(15(17)20)18-14(19)10-9-12-6-2-1-3-7-12/h1-3,6-7,13H,4-5,8-10H2,(H2,17,20)(H,18,19)/t13-/m0/s1. The molecule has 0 aliphatic rings. The molecule has 0 radical (unpaired) electrons. The maximum atomic E-state index is 11.8. The number of amides is 2. The monoisotopic (exact) mass is 273 g/mol. The van der Waals surface area contributed by atoms with E-state index in [4.69, 9.17) is 11.0 Å². The van der Waals surface area contributed by atoms with Crippen LogP contribution in [-0.4, -0.2) is 17.9 Å². The summed E-state index contributed by atoms with van der Waals surface area (Å²) < 4.78 is 0. The molecule has 0 spiro atoms. The van der Waals surface area contributed by atoms with E-state index in [0.29, 0.717) is 32.1 Å². The first-order valence-electron chi connectivity index (χ1n) is 6.63. The maximum absolute atomic E-state index is 11.8. The summed E-state index contributed by atoms with van der Waals surface area (Å²) >= 11 is 0. The number of benzene rings is 1. The van der Waals surface area contributed by atoms with Crippen molar-refractivity contribution in [1.29, 1.82) is 5.26 Å². The van der Waals surface area contributed by atoms with E-state index in [9.17, 15) is 9.59 Å². The molecular formula is C15H19N3O2. The predicted molar refractivity (Wildman–Crippen MR) is 75.4 cm³/mol. The third kappa shape index (κ3) is 6.01. The van der Waals surface area contributed by atoms with Gasteiger partial charge in [-0.15, -0.1) is 0 Å². The lowest BCUT2D eigenvalue weighted by Crippen LogP contribution is -2.44. The second-order valence-electron chi connectivity index (χ2n) is 4.56. The van der Waals surface area contributed by atoms with Gasteiger partial charge in [0.1, 0.15) is 6.04 Å². The smallest absolute Gasteiger partial charge is 0.240 e. The summed E-state index contributed by atoms with van der Waals surface area (Å²) in [7, 11) is 0. The zero-order chi connectivity index (χ0) is 14.8. The predicted octanol–water partition coefficient (Wildman–Crippen LogP) is 1.28. The van der Waals surface area contributed by atoms with Gasteiger partial charge in [0, 0.05) is 12.8 Å². The molecule has 1 atom stereocenters. The number of nitriles is 1. The van der Waals surface area contributed by atoms with E-state index in [1.165, 1.54) is 0 Å². The van der Waals surface area contributed by atoms with E-state index >= 15 is 0 Å². The van der Waals surface area contributed by atoms with E-state index in [-0.39, 0.29) is 5.91 Å². The van der Waals surface area contributed by atoms with Gasteiger partial charge in [0.05, 0.1) is 6.07 Å². The average molecular weight is 273 g/mol. The van der Waals surface area contributed by atoms with Crippen LogP contribution in [0.15, 0.2) is 30.3 Å². The number of carbonyl (C=O) groups is 2. The highest BCUT2D eigenvalue weighted by Crippen LogP contribution is 2.04. The highest BCUT2D eigenvalue weighted by Gasteiger charge is 2.17. The van der Waals surface area contributed by atoms with Crippen molar-refractivity contribution in [3.8, 4) is 6.07 Å². The topological polar surface area (TPSA) is 96.0 Å². The van der Waals surface area contributed by atoms with Crippen LogP contribution < -0.4 is 11.1 Å². The first-order chi connectivity index (χ1) is 9.63. The molecule has 0 aromatic heterocycles. The van der Waals surface area contributed by atoms with Crippen LogP contribution in [0, 0.1) is 11.3 Å². The van der Waals surface area contributed by atoms with Gasteiger partial charge in [0.15, 0.2) is 0 Å². The Balaban J connectivity index is 2.38. The van der Waals surface area contributed by atoms with Gasteiger partial charge >= 0.3 is 0 Å². The average Bonchev–Trinajstić information content (AvgIpc) is 2.45. The van der Waals surface area contributed by atoms with Crippen molar-refractivity contribution in [3.05, 3.63) is 35.9 Å². The molecule has 106 valence electrons. The van der Waals surface area contributed by atoms with E-state index in [1.807, 2.05) is 36.4 Å². The summed E-state index contributed by atoms with van der Waals surface area (Å²) in [6.45, 7) is 0. The van der Waals surface area contributed by atoms with E-state index < -0.39 is 11.9 Å². The molecule has 20 heavy (non-hydrogen) atoms. The number of hydrogen-bond donors (Lipinski definition) is 2. The molecule has 2 amide bonds. The fraction of sp³-hybridized carbons (Fsp3) is 0.400. The number of primary amides is 1. The van der Waals surface area contributed by atoms with E-state index in [1.54, 1.807) is 0 Å². The molecule has 1 rings (SSSR count). The minimum atomic E-state index is -0.688. The third-order valence-corrected chi connectivity index (χ3v) is 2.94. The fourth-order valence-corrected chi connectivity index (χ4v) is 1.84. The first kappa shape index (κ1) is 15.7. The maximum Gasteiger partial charge on any atom is 0.240 e. The SMILES string of the molecule is N#CCCC[C@H](NC(=O)CCc1ccccc1)C(N)=O. The largest absolute Gasteiger partial charge is 0.368 e. The van der Waals surface area contributed by atoms with Crippen molar-refractivity contribution in [1.82, 2.24) is 5.32 Å². The van der Waals surface area contributed by atoms with Gasteiger partial charge in [-0.2, -0.15) is 5.26 Å². The van der Waals surface area contributed by atoms with Crippen molar-refractivity contribution >= 4 is 11.8 Å². The van der Waals surface area contributed by atoms with Crippen LogP contribution in [0.1, 0.15) is 31.2 Å². The van der Waals surface area contributed by atoms with Crippen molar-refractivity contribution in [2.45, 2.75) is 38.1 Å². The van der Waals surface area contributed by atoms with Crippen LogP contribution in [0.2, 0.25) is 0 Å². The Bertz CT molecular complexity index is 480. The normalized spacial score (nSPS) is 11.3. The Kier molecular flexibility index (Phi) is 6.83. The highest BCUT2D eigenvalue weighted by atomic mass is 16.2. The van der Waals surface area contributed by atoms with Crippen LogP contribution in [0.3, 0.4) is 0 Å². The molecule has 1 aromatic carbocycles. The fourth-order valence-electron chi connectivity index (χ4n) is 1.84. The number of nitrogens with one attached hydrogen (secondary N) is 1. The second-order valence-corrected chi connectivity index (χ2v) is 4.56. The summed E-state index contributed by atoms with van der Waals surface area (Å²) in [4.78, 5) is 23.0. The van der Waals surface area contributed by atoms with Gasteiger partial charge in [-0.3, -0.25) is 9.59 Å². The minimum absolute atomic E-state index is 0.199. The molecular weight excluding hydrogens is 254 g/mol. The molecule has 0 bridgehead atoms. The Hall–Kier alpha value is -2.35. The molecule has 0 saturated carbocycles. The van der Waals surface area contributed by atoms with Gasteiger partial charge in [-0.05, 0) is 24.8 Å².